The number of rotatable bonds is 3. The molecule has 0 spiro atoms. The zero-order chi connectivity index (χ0) is 18.6. The first-order valence-electron chi connectivity index (χ1n) is 10.3. The molecule has 1 saturated carbocycles. The van der Waals surface area contributed by atoms with Gasteiger partial charge in [-0.1, -0.05) is 38.2 Å². The molecule has 0 unspecified atom stereocenters. The normalized spacial score (nSPS) is 19.0. The maximum atomic E-state index is 13.1. The lowest BCUT2D eigenvalue weighted by Gasteiger charge is -2.22. The molecular weight excluding hydrogens is 340 g/mol. The number of fused-ring (bicyclic) bond motifs is 1. The van der Waals surface area contributed by atoms with E-state index in [2.05, 4.69) is 10.3 Å². The Kier molecular flexibility index (Phi) is 5.41. The minimum absolute atomic E-state index is 0.0580. The SMILES string of the molecule is O=C(NC1CCCCC1)c1nc(C(=O)N2CCCCCC2)c2ccccn12. The van der Waals surface area contributed by atoms with E-state index in [1.165, 1.54) is 19.3 Å². The molecule has 2 aliphatic rings. The summed E-state index contributed by atoms with van der Waals surface area (Å²) in [5.41, 5.74) is 1.10. The van der Waals surface area contributed by atoms with Crippen LogP contribution in [0.4, 0.5) is 0 Å². The topological polar surface area (TPSA) is 66.7 Å². The van der Waals surface area contributed by atoms with E-state index in [9.17, 15) is 9.59 Å². The second-order valence-corrected chi connectivity index (χ2v) is 7.75. The van der Waals surface area contributed by atoms with E-state index in [4.69, 9.17) is 0 Å². The molecule has 0 bridgehead atoms. The lowest BCUT2D eigenvalue weighted by molar-refractivity contribution is 0.0758. The number of amides is 2. The summed E-state index contributed by atoms with van der Waals surface area (Å²) < 4.78 is 1.75. The summed E-state index contributed by atoms with van der Waals surface area (Å²) in [4.78, 5) is 32.4. The van der Waals surface area contributed by atoms with Gasteiger partial charge in [-0.05, 0) is 37.8 Å². The molecule has 144 valence electrons. The maximum absolute atomic E-state index is 13.1. The van der Waals surface area contributed by atoms with E-state index in [1.807, 2.05) is 29.3 Å². The van der Waals surface area contributed by atoms with Crippen LogP contribution >= 0.6 is 0 Å². The Bertz CT molecular complexity index is 815. The van der Waals surface area contributed by atoms with E-state index < -0.39 is 0 Å². The first-order chi connectivity index (χ1) is 13.2. The number of carbonyl (C=O) groups excluding carboxylic acids is 2. The van der Waals surface area contributed by atoms with Gasteiger partial charge < -0.3 is 10.2 Å². The molecule has 0 aromatic carbocycles. The van der Waals surface area contributed by atoms with Crippen LogP contribution in [-0.4, -0.2) is 45.2 Å². The maximum Gasteiger partial charge on any atom is 0.287 e. The number of nitrogens with zero attached hydrogens (tertiary/aromatic N) is 3. The number of hydrogen-bond donors (Lipinski definition) is 1. The molecule has 27 heavy (non-hydrogen) atoms. The first-order valence-corrected chi connectivity index (χ1v) is 10.3. The van der Waals surface area contributed by atoms with Crippen LogP contribution in [0.15, 0.2) is 24.4 Å². The molecule has 3 heterocycles. The molecule has 6 nitrogen and oxygen atoms in total. The van der Waals surface area contributed by atoms with E-state index >= 15 is 0 Å². The number of likely N-dealkylation sites (tertiary alicyclic amines) is 1. The Hall–Kier alpha value is -2.37. The Morgan fingerprint density at radius 2 is 1.67 bits per heavy atom. The third-order valence-electron chi connectivity index (χ3n) is 5.79. The number of imidazole rings is 1. The number of aromatic nitrogens is 2. The quantitative estimate of drug-likeness (QED) is 0.903. The fourth-order valence-corrected chi connectivity index (χ4v) is 4.28. The molecule has 1 N–H and O–H groups in total. The first kappa shape index (κ1) is 18.0. The Morgan fingerprint density at radius 3 is 2.41 bits per heavy atom. The molecule has 2 fully saturated rings. The summed E-state index contributed by atoms with van der Waals surface area (Å²) in [6.07, 6.45) is 11.8. The predicted molar refractivity (Wildman–Crippen MR) is 104 cm³/mol. The highest BCUT2D eigenvalue weighted by molar-refractivity contribution is 6.02. The molecular formula is C21H28N4O2. The van der Waals surface area contributed by atoms with Gasteiger partial charge in [0, 0.05) is 25.3 Å². The Labute approximate surface area is 159 Å². The number of pyridine rings is 1. The highest BCUT2D eigenvalue weighted by atomic mass is 16.2. The fourth-order valence-electron chi connectivity index (χ4n) is 4.28. The Morgan fingerprint density at radius 1 is 0.963 bits per heavy atom. The van der Waals surface area contributed by atoms with Crippen LogP contribution in [0.1, 0.15) is 78.9 Å². The van der Waals surface area contributed by atoms with Crippen molar-refractivity contribution in [2.24, 2.45) is 0 Å². The molecule has 6 heteroatoms. The summed E-state index contributed by atoms with van der Waals surface area (Å²) in [6.45, 7) is 1.54. The minimum Gasteiger partial charge on any atom is -0.347 e. The molecule has 1 aliphatic heterocycles. The van der Waals surface area contributed by atoms with Crippen LogP contribution in [-0.2, 0) is 0 Å². The molecule has 1 saturated heterocycles. The van der Waals surface area contributed by atoms with E-state index in [-0.39, 0.29) is 17.9 Å². The van der Waals surface area contributed by atoms with Gasteiger partial charge in [0.1, 0.15) is 0 Å². The predicted octanol–water partition coefficient (Wildman–Crippen LogP) is 3.41. The summed E-state index contributed by atoms with van der Waals surface area (Å²) in [5, 5.41) is 3.12. The van der Waals surface area contributed by atoms with Crippen molar-refractivity contribution in [2.45, 2.75) is 63.8 Å². The largest absolute Gasteiger partial charge is 0.347 e. The van der Waals surface area contributed by atoms with E-state index in [0.717, 1.165) is 51.6 Å². The summed E-state index contributed by atoms with van der Waals surface area (Å²) in [6, 6.07) is 5.84. The highest BCUT2D eigenvalue weighted by Gasteiger charge is 2.26. The zero-order valence-corrected chi connectivity index (χ0v) is 15.8. The fraction of sp³-hybridized carbons (Fsp3) is 0.571. The van der Waals surface area contributed by atoms with Crippen molar-refractivity contribution in [3.05, 3.63) is 35.9 Å². The molecule has 4 rings (SSSR count). The van der Waals surface area contributed by atoms with Gasteiger partial charge in [0.2, 0.25) is 5.82 Å². The van der Waals surface area contributed by atoms with Crippen LogP contribution < -0.4 is 5.32 Å². The van der Waals surface area contributed by atoms with Gasteiger partial charge in [0.15, 0.2) is 5.69 Å². The third-order valence-corrected chi connectivity index (χ3v) is 5.79. The van der Waals surface area contributed by atoms with Crippen LogP contribution in [0.2, 0.25) is 0 Å². The van der Waals surface area contributed by atoms with Crippen molar-refractivity contribution in [3.8, 4) is 0 Å². The highest BCUT2D eigenvalue weighted by Crippen LogP contribution is 2.20. The lowest BCUT2D eigenvalue weighted by atomic mass is 9.95. The minimum atomic E-state index is -0.182. The second kappa shape index (κ2) is 8.11. The van der Waals surface area contributed by atoms with E-state index in [1.54, 1.807) is 4.40 Å². The number of carbonyl (C=O) groups is 2. The van der Waals surface area contributed by atoms with Gasteiger partial charge in [-0.25, -0.2) is 4.98 Å². The van der Waals surface area contributed by atoms with Crippen LogP contribution in [0.5, 0.6) is 0 Å². The van der Waals surface area contributed by atoms with Crippen molar-refractivity contribution in [3.63, 3.8) is 0 Å². The number of hydrogen-bond acceptors (Lipinski definition) is 3. The molecule has 0 atom stereocenters. The van der Waals surface area contributed by atoms with Gasteiger partial charge in [0.25, 0.3) is 11.8 Å². The lowest BCUT2D eigenvalue weighted by Crippen LogP contribution is -2.37. The monoisotopic (exact) mass is 368 g/mol. The van der Waals surface area contributed by atoms with Gasteiger partial charge in [-0.2, -0.15) is 0 Å². The summed E-state index contributed by atoms with van der Waals surface area (Å²) >= 11 is 0. The van der Waals surface area contributed by atoms with Gasteiger partial charge in [-0.15, -0.1) is 0 Å². The van der Waals surface area contributed by atoms with Crippen molar-refractivity contribution >= 4 is 17.3 Å². The molecule has 0 radical (unpaired) electrons. The van der Waals surface area contributed by atoms with Crippen molar-refractivity contribution in [2.75, 3.05) is 13.1 Å². The third kappa shape index (κ3) is 3.84. The van der Waals surface area contributed by atoms with Crippen molar-refractivity contribution in [1.82, 2.24) is 19.6 Å². The molecule has 2 aromatic heterocycles. The van der Waals surface area contributed by atoms with Crippen LogP contribution in [0.3, 0.4) is 0 Å². The van der Waals surface area contributed by atoms with Crippen molar-refractivity contribution in [1.29, 1.82) is 0 Å². The van der Waals surface area contributed by atoms with Gasteiger partial charge >= 0.3 is 0 Å². The average Bonchev–Trinajstić information content (AvgIpc) is 2.88. The van der Waals surface area contributed by atoms with E-state index in [0.29, 0.717) is 17.0 Å². The standard InChI is InChI=1S/C21H28N4O2/c26-20(22-16-10-4-3-5-11-16)19-23-18(17-12-6-9-15-25(17)19)21(27)24-13-7-1-2-8-14-24/h6,9,12,15-16H,1-5,7-8,10-11,13-14H2,(H,22,26). The summed E-state index contributed by atoms with van der Waals surface area (Å²) in [5.74, 6) is 0.0738. The van der Waals surface area contributed by atoms with Crippen molar-refractivity contribution < 1.29 is 9.59 Å². The number of nitrogens with one attached hydrogen (secondary N) is 1. The van der Waals surface area contributed by atoms with Gasteiger partial charge in [-0.3, -0.25) is 14.0 Å². The average molecular weight is 368 g/mol. The van der Waals surface area contributed by atoms with Crippen LogP contribution in [0.25, 0.3) is 5.52 Å². The smallest absolute Gasteiger partial charge is 0.287 e. The molecule has 2 aromatic rings. The molecule has 2 amide bonds. The Balaban J connectivity index is 1.62. The van der Waals surface area contributed by atoms with Gasteiger partial charge in [0.05, 0.1) is 5.52 Å². The zero-order valence-electron chi connectivity index (χ0n) is 15.8. The molecule has 1 aliphatic carbocycles. The van der Waals surface area contributed by atoms with Crippen LogP contribution in [0, 0.1) is 0 Å². The second-order valence-electron chi connectivity index (χ2n) is 7.75. The summed E-state index contributed by atoms with van der Waals surface area (Å²) in [7, 11) is 0.